The number of piperidine rings is 1. The Bertz CT molecular complexity index is 392. The highest BCUT2D eigenvalue weighted by molar-refractivity contribution is 6.30. The lowest BCUT2D eigenvalue weighted by molar-refractivity contribution is 0.171. The molecule has 1 saturated heterocycles. The molecule has 1 aromatic heterocycles. The van der Waals surface area contributed by atoms with E-state index >= 15 is 0 Å². The Kier molecular flexibility index (Phi) is 4.68. The molecule has 0 radical (unpaired) electrons. The van der Waals surface area contributed by atoms with Crippen LogP contribution >= 0.6 is 11.6 Å². The van der Waals surface area contributed by atoms with Crippen molar-refractivity contribution in [1.29, 1.82) is 0 Å². The number of likely N-dealkylation sites (tertiary alicyclic amines) is 1. The van der Waals surface area contributed by atoms with Gasteiger partial charge in [-0.2, -0.15) is 5.10 Å². The van der Waals surface area contributed by atoms with E-state index in [2.05, 4.69) is 16.9 Å². The van der Waals surface area contributed by atoms with Gasteiger partial charge in [-0.3, -0.25) is 9.58 Å². The minimum absolute atomic E-state index is 0.795. The molecule has 0 unspecified atom stereocenters. The van der Waals surface area contributed by atoms with Crippen molar-refractivity contribution < 1.29 is 0 Å². The zero-order valence-corrected chi connectivity index (χ0v) is 12.5. The molecule has 2 heterocycles. The largest absolute Gasteiger partial charge is 0.299 e. The molecular formula is C14H24ClN3. The number of hydrogen-bond acceptors (Lipinski definition) is 2. The van der Waals surface area contributed by atoms with Crippen molar-refractivity contribution in [3.8, 4) is 0 Å². The van der Waals surface area contributed by atoms with Gasteiger partial charge in [-0.25, -0.2) is 0 Å². The third-order valence-corrected chi connectivity index (χ3v) is 4.53. The normalized spacial score (nSPS) is 18.4. The van der Waals surface area contributed by atoms with Gasteiger partial charge in [0.1, 0.15) is 5.15 Å². The van der Waals surface area contributed by atoms with Crippen LogP contribution in [0.3, 0.4) is 0 Å². The van der Waals surface area contributed by atoms with Crippen LogP contribution in [0.5, 0.6) is 0 Å². The summed E-state index contributed by atoms with van der Waals surface area (Å²) in [4.78, 5) is 2.52. The number of aryl methyl sites for hydroxylation is 2. The van der Waals surface area contributed by atoms with Crippen molar-refractivity contribution in [2.45, 2.75) is 46.1 Å². The molecule has 4 heteroatoms. The van der Waals surface area contributed by atoms with Crippen LogP contribution in [0.1, 0.15) is 43.9 Å². The van der Waals surface area contributed by atoms with Gasteiger partial charge >= 0.3 is 0 Å². The van der Waals surface area contributed by atoms with Crippen LogP contribution in [0.4, 0.5) is 0 Å². The van der Waals surface area contributed by atoms with Gasteiger partial charge in [0.15, 0.2) is 0 Å². The summed E-state index contributed by atoms with van der Waals surface area (Å²) in [6.07, 6.45) is 5.38. The minimum Gasteiger partial charge on any atom is -0.299 e. The fraction of sp³-hybridized carbons (Fsp3) is 0.786. The maximum Gasteiger partial charge on any atom is 0.131 e. The van der Waals surface area contributed by atoms with Crippen LogP contribution in [0, 0.1) is 12.8 Å². The number of rotatable bonds is 4. The fourth-order valence-electron chi connectivity index (χ4n) is 2.92. The lowest BCUT2D eigenvalue weighted by Gasteiger charge is -2.31. The van der Waals surface area contributed by atoms with Gasteiger partial charge in [0.05, 0.1) is 5.69 Å². The van der Waals surface area contributed by atoms with Crippen LogP contribution in [0.2, 0.25) is 5.15 Å². The summed E-state index contributed by atoms with van der Waals surface area (Å²) in [5.41, 5.74) is 2.27. The summed E-state index contributed by atoms with van der Waals surface area (Å²) in [6, 6.07) is 0. The molecule has 1 aromatic rings. The molecule has 0 amide bonds. The molecule has 0 bridgehead atoms. The molecule has 0 aromatic carbocycles. The van der Waals surface area contributed by atoms with Crippen LogP contribution in [0.25, 0.3) is 0 Å². The molecule has 1 aliphatic heterocycles. The van der Waals surface area contributed by atoms with Crippen LogP contribution in [-0.2, 0) is 13.6 Å². The van der Waals surface area contributed by atoms with E-state index in [-0.39, 0.29) is 0 Å². The van der Waals surface area contributed by atoms with Gasteiger partial charge in [0.25, 0.3) is 0 Å². The van der Waals surface area contributed by atoms with Gasteiger partial charge in [0.2, 0.25) is 0 Å². The topological polar surface area (TPSA) is 21.1 Å². The molecule has 0 spiro atoms. The molecule has 1 fully saturated rings. The van der Waals surface area contributed by atoms with Crippen molar-refractivity contribution in [3.05, 3.63) is 16.4 Å². The van der Waals surface area contributed by atoms with Crippen molar-refractivity contribution in [3.63, 3.8) is 0 Å². The fourth-order valence-corrected chi connectivity index (χ4v) is 3.15. The summed E-state index contributed by atoms with van der Waals surface area (Å²) >= 11 is 6.29. The Morgan fingerprint density at radius 2 is 2.00 bits per heavy atom. The van der Waals surface area contributed by atoms with Gasteiger partial charge in [0, 0.05) is 19.2 Å². The van der Waals surface area contributed by atoms with E-state index < -0.39 is 0 Å². The first-order valence-electron chi connectivity index (χ1n) is 7.02. The van der Waals surface area contributed by atoms with Crippen LogP contribution < -0.4 is 0 Å². The summed E-state index contributed by atoms with van der Waals surface area (Å²) in [5, 5.41) is 5.17. The van der Waals surface area contributed by atoms with E-state index in [1.165, 1.54) is 44.3 Å². The first-order chi connectivity index (χ1) is 8.61. The molecule has 102 valence electrons. The van der Waals surface area contributed by atoms with E-state index in [0.29, 0.717) is 0 Å². The molecule has 0 aliphatic carbocycles. The highest BCUT2D eigenvalue weighted by atomic mass is 35.5. The summed E-state index contributed by atoms with van der Waals surface area (Å²) in [5.74, 6) is 0.941. The number of nitrogens with zero attached hydrogens (tertiary/aromatic N) is 3. The lowest BCUT2D eigenvalue weighted by Crippen LogP contribution is -2.33. The molecular weight excluding hydrogens is 246 g/mol. The zero-order valence-electron chi connectivity index (χ0n) is 11.7. The highest BCUT2D eigenvalue weighted by Crippen LogP contribution is 2.25. The Hall–Kier alpha value is -0.540. The molecule has 0 saturated carbocycles. The van der Waals surface area contributed by atoms with E-state index in [1.807, 2.05) is 14.0 Å². The Morgan fingerprint density at radius 3 is 2.50 bits per heavy atom. The summed E-state index contributed by atoms with van der Waals surface area (Å²) in [7, 11) is 1.91. The second-order valence-electron chi connectivity index (χ2n) is 5.49. The smallest absolute Gasteiger partial charge is 0.131 e. The molecule has 18 heavy (non-hydrogen) atoms. The summed E-state index contributed by atoms with van der Waals surface area (Å²) in [6.45, 7) is 7.69. The van der Waals surface area contributed by atoms with Gasteiger partial charge in [-0.05, 0) is 38.8 Å². The molecule has 0 atom stereocenters. The van der Waals surface area contributed by atoms with E-state index in [4.69, 9.17) is 11.6 Å². The zero-order chi connectivity index (χ0) is 13.1. The Balaban J connectivity index is 1.91. The lowest BCUT2D eigenvalue weighted by atomic mass is 9.92. The average Bonchev–Trinajstić information content (AvgIpc) is 2.59. The third-order valence-electron chi connectivity index (χ3n) is 4.06. The van der Waals surface area contributed by atoms with E-state index in [1.54, 1.807) is 4.68 Å². The summed E-state index contributed by atoms with van der Waals surface area (Å²) < 4.78 is 1.77. The number of hydrogen-bond donors (Lipinski definition) is 0. The predicted octanol–water partition coefficient (Wildman–Crippen LogP) is 3.39. The molecule has 0 N–H and O–H groups in total. The highest BCUT2D eigenvalue weighted by Gasteiger charge is 2.21. The maximum atomic E-state index is 6.29. The second-order valence-corrected chi connectivity index (χ2v) is 5.84. The van der Waals surface area contributed by atoms with Crippen molar-refractivity contribution in [2.75, 3.05) is 13.1 Å². The molecule has 1 aliphatic rings. The monoisotopic (exact) mass is 269 g/mol. The second kappa shape index (κ2) is 6.07. The van der Waals surface area contributed by atoms with Crippen molar-refractivity contribution in [2.24, 2.45) is 13.0 Å². The maximum absolute atomic E-state index is 6.29. The predicted molar refractivity (Wildman–Crippen MR) is 75.9 cm³/mol. The average molecular weight is 270 g/mol. The first-order valence-corrected chi connectivity index (χ1v) is 7.40. The van der Waals surface area contributed by atoms with Crippen molar-refractivity contribution in [1.82, 2.24) is 14.7 Å². The van der Waals surface area contributed by atoms with Crippen molar-refractivity contribution >= 4 is 11.6 Å². The SMILES string of the molecule is CCCC1CCN(Cc2c(C)nn(C)c2Cl)CC1. The molecule has 3 nitrogen and oxygen atoms in total. The Morgan fingerprint density at radius 1 is 1.33 bits per heavy atom. The number of aromatic nitrogens is 2. The third kappa shape index (κ3) is 3.07. The van der Waals surface area contributed by atoms with Gasteiger partial charge in [-0.15, -0.1) is 0 Å². The van der Waals surface area contributed by atoms with E-state index in [9.17, 15) is 0 Å². The number of halogens is 1. The Labute approximate surface area is 115 Å². The van der Waals surface area contributed by atoms with Gasteiger partial charge < -0.3 is 0 Å². The minimum atomic E-state index is 0.795. The van der Waals surface area contributed by atoms with Crippen LogP contribution in [-0.4, -0.2) is 27.8 Å². The quantitative estimate of drug-likeness (QED) is 0.835. The van der Waals surface area contributed by atoms with Gasteiger partial charge in [-0.1, -0.05) is 31.4 Å². The molecule has 2 rings (SSSR count). The van der Waals surface area contributed by atoms with Crippen LogP contribution in [0.15, 0.2) is 0 Å². The standard InChI is InChI=1S/C14H24ClN3/c1-4-5-12-6-8-18(9-7-12)10-13-11(2)16-17(3)14(13)15/h12H,4-10H2,1-3H3. The van der Waals surface area contributed by atoms with E-state index in [0.717, 1.165) is 23.3 Å². The first kappa shape index (κ1) is 13.9.